The maximum absolute atomic E-state index is 12.6. The van der Waals surface area contributed by atoms with Gasteiger partial charge in [-0.1, -0.05) is 17.7 Å². The molecule has 1 heterocycles. The van der Waals surface area contributed by atoms with Crippen molar-refractivity contribution in [3.63, 3.8) is 0 Å². The molecule has 1 aliphatic heterocycles. The minimum Gasteiger partial charge on any atom is -0.493 e. The van der Waals surface area contributed by atoms with Gasteiger partial charge in [0, 0.05) is 5.02 Å². The normalized spacial score (nSPS) is 14.8. The van der Waals surface area contributed by atoms with E-state index in [9.17, 15) is 14.4 Å². The molecular weight excluding hydrogens is 444 g/mol. The number of amides is 3. The summed E-state index contributed by atoms with van der Waals surface area (Å²) in [4.78, 5) is 37.2. The van der Waals surface area contributed by atoms with Crippen LogP contribution in [-0.2, 0) is 9.59 Å². The van der Waals surface area contributed by atoms with E-state index in [2.05, 4.69) is 0 Å². The smallest absolute Gasteiger partial charge is 0.293 e. The maximum atomic E-state index is 12.6. The first-order valence-electron chi connectivity index (χ1n) is 9.10. The lowest BCUT2D eigenvalue weighted by Crippen LogP contribution is -2.32. The van der Waals surface area contributed by atoms with Gasteiger partial charge in [-0.05, 0) is 59.8 Å². The number of imide groups is 1. The van der Waals surface area contributed by atoms with Crippen LogP contribution in [-0.4, -0.2) is 48.8 Å². The number of hydrogen-bond acceptors (Lipinski definition) is 7. The minimum absolute atomic E-state index is 0.119. The SMILES string of the molecule is COc1cc(/C=C2\SC(=O)N(CCOc3ccc(Cl)cc3)C2=O)ccc1OCC(N)=O. The van der Waals surface area contributed by atoms with Crippen molar-refractivity contribution in [2.45, 2.75) is 0 Å². The molecule has 10 heteroatoms. The summed E-state index contributed by atoms with van der Waals surface area (Å²) in [5, 5.41) is 0.219. The number of ether oxygens (including phenoxy) is 3. The monoisotopic (exact) mass is 462 g/mol. The molecule has 0 saturated carbocycles. The van der Waals surface area contributed by atoms with Gasteiger partial charge in [-0.25, -0.2) is 0 Å². The number of nitrogens with zero attached hydrogens (tertiary/aromatic N) is 1. The van der Waals surface area contributed by atoms with E-state index in [0.717, 1.165) is 16.7 Å². The molecule has 0 aliphatic carbocycles. The average Bonchev–Trinajstić information content (AvgIpc) is 3.01. The summed E-state index contributed by atoms with van der Waals surface area (Å²) in [6.07, 6.45) is 1.59. The Morgan fingerprint density at radius 3 is 2.55 bits per heavy atom. The van der Waals surface area contributed by atoms with Gasteiger partial charge in [-0.2, -0.15) is 0 Å². The molecule has 0 atom stereocenters. The number of nitrogens with two attached hydrogens (primary N) is 1. The predicted molar refractivity (Wildman–Crippen MR) is 117 cm³/mol. The van der Waals surface area contributed by atoms with Gasteiger partial charge in [-0.15, -0.1) is 0 Å². The zero-order valence-electron chi connectivity index (χ0n) is 16.5. The molecule has 162 valence electrons. The fourth-order valence-electron chi connectivity index (χ4n) is 2.67. The zero-order valence-corrected chi connectivity index (χ0v) is 18.1. The van der Waals surface area contributed by atoms with Gasteiger partial charge in [0.2, 0.25) is 0 Å². The molecule has 1 saturated heterocycles. The number of carbonyl (C=O) groups excluding carboxylic acids is 3. The molecule has 0 bridgehead atoms. The quantitative estimate of drug-likeness (QED) is 0.569. The Morgan fingerprint density at radius 2 is 1.87 bits per heavy atom. The van der Waals surface area contributed by atoms with Crippen LogP contribution in [0.3, 0.4) is 0 Å². The van der Waals surface area contributed by atoms with Crippen molar-refractivity contribution in [1.82, 2.24) is 4.90 Å². The third kappa shape index (κ3) is 5.93. The third-order valence-electron chi connectivity index (χ3n) is 4.13. The first kappa shape index (κ1) is 22.5. The van der Waals surface area contributed by atoms with Gasteiger partial charge in [-0.3, -0.25) is 19.3 Å². The van der Waals surface area contributed by atoms with E-state index in [0.29, 0.717) is 27.8 Å². The molecule has 2 N–H and O–H groups in total. The van der Waals surface area contributed by atoms with Crippen molar-refractivity contribution in [3.8, 4) is 17.2 Å². The lowest BCUT2D eigenvalue weighted by atomic mass is 10.2. The van der Waals surface area contributed by atoms with E-state index in [1.165, 1.54) is 7.11 Å². The first-order valence-corrected chi connectivity index (χ1v) is 10.3. The molecule has 0 aromatic heterocycles. The summed E-state index contributed by atoms with van der Waals surface area (Å²) in [6, 6.07) is 11.7. The second-order valence-electron chi connectivity index (χ2n) is 6.30. The van der Waals surface area contributed by atoms with E-state index in [1.807, 2.05) is 0 Å². The third-order valence-corrected chi connectivity index (χ3v) is 5.29. The van der Waals surface area contributed by atoms with Crippen LogP contribution < -0.4 is 19.9 Å². The summed E-state index contributed by atoms with van der Waals surface area (Å²) in [6.45, 7) is -0.00674. The second-order valence-corrected chi connectivity index (χ2v) is 7.73. The highest BCUT2D eigenvalue weighted by Crippen LogP contribution is 2.34. The van der Waals surface area contributed by atoms with Crippen molar-refractivity contribution in [2.75, 3.05) is 26.9 Å². The summed E-state index contributed by atoms with van der Waals surface area (Å²) in [5.41, 5.74) is 5.71. The molecule has 3 rings (SSSR count). The lowest BCUT2D eigenvalue weighted by molar-refractivity contribution is -0.123. The molecule has 0 radical (unpaired) electrons. The van der Waals surface area contributed by atoms with Gasteiger partial charge >= 0.3 is 0 Å². The Bertz CT molecular complexity index is 1030. The lowest BCUT2D eigenvalue weighted by Gasteiger charge is -2.13. The number of rotatable bonds is 9. The van der Waals surface area contributed by atoms with Crippen LogP contribution in [0.4, 0.5) is 4.79 Å². The fourth-order valence-corrected chi connectivity index (χ4v) is 3.66. The Balaban J connectivity index is 1.65. The molecule has 0 spiro atoms. The predicted octanol–water partition coefficient (Wildman–Crippen LogP) is 3.33. The summed E-state index contributed by atoms with van der Waals surface area (Å²) in [5.74, 6) is 0.289. The van der Waals surface area contributed by atoms with Crippen molar-refractivity contribution in [3.05, 3.63) is 58.0 Å². The van der Waals surface area contributed by atoms with Crippen molar-refractivity contribution in [1.29, 1.82) is 0 Å². The van der Waals surface area contributed by atoms with Gasteiger partial charge in [0.25, 0.3) is 17.1 Å². The molecule has 31 heavy (non-hydrogen) atoms. The van der Waals surface area contributed by atoms with Crippen LogP contribution in [0.1, 0.15) is 5.56 Å². The Morgan fingerprint density at radius 1 is 1.13 bits per heavy atom. The number of benzene rings is 2. The molecule has 1 fully saturated rings. The van der Waals surface area contributed by atoms with Crippen LogP contribution in [0, 0.1) is 0 Å². The van der Waals surface area contributed by atoms with Crippen LogP contribution in [0.25, 0.3) is 6.08 Å². The van der Waals surface area contributed by atoms with E-state index in [-0.39, 0.29) is 29.9 Å². The first-order chi connectivity index (χ1) is 14.9. The minimum atomic E-state index is -0.611. The summed E-state index contributed by atoms with van der Waals surface area (Å²) >= 11 is 6.68. The summed E-state index contributed by atoms with van der Waals surface area (Å²) < 4.78 is 16.1. The molecular formula is C21H19ClN2O6S. The summed E-state index contributed by atoms with van der Waals surface area (Å²) in [7, 11) is 1.45. The molecule has 2 aromatic rings. The fraction of sp³-hybridized carbons (Fsp3) is 0.190. The van der Waals surface area contributed by atoms with Gasteiger partial charge < -0.3 is 19.9 Å². The molecule has 1 aliphatic rings. The van der Waals surface area contributed by atoms with Crippen LogP contribution >= 0.6 is 23.4 Å². The van der Waals surface area contributed by atoms with Crippen molar-refractivity contribution in [2.24, 2.45) is 5.73 Å². The number of thioether (sulfide) groups is 1. The second kappa shape index (κ2) is 10.2. The highest BCUT2D eigenvalue weighted by molar-refractivity contribution is 8.18. The van der Waals surface area contributed by atoms with Crippen LogP contribution in [0.15, 0.2) is 47.4 Å². The molecule has 2 aromatic carbocycles. The van der Waals surface area contributed by atoms with Gasteiger partial charge in [0.05, 0.1) is 18.6 Å². The number of carbonyl (C=O) groups is 3. The number of halogens is 1. The largest absolute Gasteiger partial charge is 0.493 e. The standard InChI is InChI=1S/C21H19ClN2O6S/c1-28-17-10-13(2-7-16(17)30-12-19(23)25)11-18-20(26)24(21(27)31-18)8-9-29-15-5-3-14(22)4-6-15/h2-7,10-11H,8-9,12H2,1H3,(H2,23,25)/b18-11-. The highest BCUT2D eigenvalue weighted by atomic mass is 35.5. The van der Waals surface area contributed by atoms with Crippen LogP contribution in [0.5, 0.6) is 17.2 Å². The Hall–Kier alpha value is -3.17. The van der Waals surface area contributed by atoms with Crippen molar-refractivity contribution >= 4 is 46.5 Å². The van der Waals surface area contributed by atoms with Gasteiger partial charge in [0.15, 0.2) is 18.1 Å². The number of primary amides is 1. The van der Waals surface area contributed by atoms with E-state index < -0.39 is 11.8 Å². The van der Waals surface area contributed by atoms with Gasteiger partial charge in [0.1, 0.15) is 12.4 Å². The Labute approximate surface area is 187 Å². The van der Waals surface area contributed by atoms with E-state index in [4.69, 9.17) is 31.5 Å². The number of hydrogen-bond donors (Lipinski definition) is 1. The topological polar surface area (TPSA) is 108 Å². The molecule has 8 nitrogen and oxygen atoms in total. The van der Waals surface area contributed by atoms with Crippen molar-refractivity contribution < 1.29 is 28.6 Å². The Kier molecular flexibility index (Phi) is 7.43. The van der Waals surface area contributed by atoms with Crippen LogP contribution in [0.2, 0.25) is 5.02 Å². The zero-order chi connectivity index (χ0) is 22.4. The van der Waals surface area contributed by atoms with E-state index >= 15 is 0 Å². The molecule has 3 amide bonds. The molecule has 0 unspecified atom stereocenters. The van der Waals surface area contributed by atoms with E-state index in [1.54, 1.807) is 48.5 Å². The average molecular weight is 463 g/mol. The highest BCUT2D eigenvalue weighted by Gasteiger charge is 2.34. The number of methoxy groups -OCH3 is 1. The maximum Gasteiger partial charge on any atom is 0.293 e.